The molecule has 0 saturated carbocycles. The van der Waals surface area contributed by atoms with Crippen LogP contribution >= 0.6 is 0 Å². The Labute approximate surface area is 142 Å². The van der Waals surface area contributed by atoms with Crippen LogP contribution in [0.25, 0.3) is 0 Å². The number of amides is 2. The van der Waals surface area contributed by atoms with Crippen molar-refractivity contribution in [3.63, 3.8) is 0 Å². The Balaban J connectivity index is 1.64. The fraction of sp³-hybridized carbons (Fsp3) is 0.444. The van der Waals surface area contributed by atoms with Gasteiger partial charge in [-0.25, -0.2) is 4.79 Å². The Bertz CT molecular complexity index is 652. The van der Waals surface area contributed by atoms with Crippen molar-refractivity contribution in [3.8, 4) is 5.75 Å². The third kappa shape index (κ3) is 5.61. The van der Waals surface area contributed by atoms with E-state index in [4.69, 9.17) is 9.26 Å². The molecule has 2 amide bonds. The Morgan fingerprint density at radius 3 is 2.83 bits per heavy atom. The van der Waals surface area contributed by atoms with Gasteiger partial charge in [-0.3, -0.25) is 0 Å². The lowest BCUT2D eigenvalue weighted by Gasteiger charge is -2.07. The number of hydrogen-bond acceptors (Lipinski definition) is 4. The number of nitrogens with zero attached hydrogens (tertiary/aromatic N) is 1. The number of carbonyl (C=O) groups excluding carboxylic acids is 1. The summed E-state index contributed by atoms with van der Waals surface area (Å²) in [6, 6.07) is 9.62. The molecule has 0 aliphatic carbocycles. The van der Waals surface area contributed by atoms with E-state index >= 15 is 0 Å². The van der Waals surface area contributed by atoms with Crippen LogP contribution in [0.1, 0.15) is 43.2 Å². The number of carbonyl (C=O) groups is 1. The fourth-order valence-corrected chi connectivity index (χ4v) is 2.24. The standard InChI is InChI=1S/C18H25N3O3/c1-13(2)17-11-16(24-21-17)12-20-18(22)19-9-5-7-14-6-4-8-15(10-14)23-3/h4,6,8,10-11,13H,5,7,9,12H2,1-3H3,(H2,19,20,22). The number of aromatic nitrogens is 1. The van der Waals surface area contributed by atoms with Gasteiger partial charge in [0.05, 0.1) is 19.3 Å². The topological polar surface area (TPSA) is 76.4 Å². The number of urea groups is 1. The summed E-state index contributed by atoms with van der Waals surface area (Å²) in [7, 11) is 1.66. The lowest BCUT2D eigenvalue weighted by atomic mass is 10.1. The van der Waals surface area contributed by atoms with Gasteiger partial charge < -0.3 is 19.9 Å². The van der Waals surface area contributed by atoms with Crippen molar-refractivity contribution in [3.05, 3.63) is 47.3 Å². The minimum Gasteiger partial charge on any atom is -0.497 e. The quantitative estimate of drug-likeness (QED) is 0.728. The molecule has 0 saturated heterocycles. The Morgan fingerprint density at radius 1 is 1.29 bits per heavy atom. The Morgan fingerprint density at radius 2 is 2.12 bits per heavy atom. The minimum atomic E-state index is -0.205. The summed E-state index contributed by atoms with van der Waals surface area (Å²) < 4.78 is 10.4. The number of methoxy groups -OCH3 is 1. The number of nitrogens with one attached hydrogen (secondary N) is 2. The van der Waals surface area contributed by atoms with E-state index in [2.05, 4.69) is 21.9 Å². The van der Waals surface area contributed by atoms with E-state index in [1.54, 1.807) is 7.11 Å². The number of aryl methyl sites for hydroxylation is 1. The lowest BCUT2D eigenvalue weighted by Crippen LogP contribution is -2.35. The van der Waals surface area contributed by atoms with Crippen LogP contribution in [0.5, 0.6) is 5.75 Å². The van der Waals surface area contributed by atoms with Crippen molar-refractivity contribution in [2.24, 2.45) is 0 Å². The summed E-state index contributed by atoms with van der Waals surface area (Å²) in [5.74, 6) is 1.82. The van der Waals surface area contributed by atoms with Crippen molar-refractivity contribution in [1.82, 2.24) is 15.8 Å². The van der Waals surface area contributed by atoms with E-state index in [1.807, 2.05) is 38.1 Å². The van der Waals surface area contributed by atoms with Gasteiger partial charge in [-0.1, -0.05) is 31.1 Å². The van der Waals surface area contributed by atoms with Crippen LogP contribution in [-0.2, 0) is 13.0 Å². The predicted molar refractivity (Wildman–Crippen MR) is 92.1 cm³/mol. The molecule has 0 aliphatic rings. The van der Waals surface area contributed by atoms with E-state index in [0.717, 1.165) is 24.3 Å². The van der Waals surface area contributed by atoms with Crippen molar-refractivity contribution in [2.45, 2.75) is 39.2 Å². The molecular formula is C18H25N3O3. The summed E-state index contributed by atoms with van der Waals surface area (Å²) in [6.45, 7) is 5.03. The third-order valence-corrected chi connectivity index (χ3v) is 3.65. The zero-order chi connectivity index (χ0) is 17.4. The molecule has 2 rings (SSSR count). The van der Waals surface area contributed by atoms with Gasteiger partial charge in [0.25, 0.3) is 0 Å². The van der Waals surface area contributed by atoms with Gasteiger partial charge in [-0.15, -0.1) is 0 Å². The van der Waals surface area contributed by atoms with E-state index in [9.17, 15) is 4.79 Å². The molecule has 2 aromatic rings. The molecule has 0 aliphatic heterocycles. The average Bonchev–Trinajstić information content (AvgIpc) is 3.06. The monoisotopic (exact) mass is 331 g/mol. The third-order valence-electron chi connectivity index (χ3n) is 3.65. The van der Waals surface area contributed by atoms with Crippen LogP contribution < -0.4 is 15.4 Å². The first kappa shape index (κ1) is 17.8. The molecular weight excluding hydrogens is 306 g/mol. The molecule has 130 valence electrons. The van der Waals surface area contributed by atoms with Gasteiger partial charge in [0.2, 0.25) is 0 Å². The van der Waals surface area contributed by atoms with Gasteiger partial charge in [-0.2, -0.15) is 0 Å². The second-order valence-electron chi connectivity index (χ2n) is 5.94. The van der Waals surface area contributed by atoms with Crippen molar-refractivity contribution in [1.29, 1.82) is 0 Å². The molecule has 6 heteroatoms. The first-order valence-electron chi connectivity index (χ1n) is 8.18. The summed E-state index contributed by atoms with van der Waals surface area (Å²) in [6.07, 6.45) is 1.75. The average molecular weight is 331 g/mol. The smallest absolute Gasteiger partial charge is 0.315 e. The molecule has 0 bridgehead atoms. The Kier molecular flexibility index (Phi) is 6.66. The highest BCUT2D eigenvalue weighted by molar-refractivity contribution is 5.73. The zero-order valence-electron chi connectivity index (χ0n) is 14.5. The number of benzene rings is 1. The summed E-state index contributed by atoms with van der Waals surface area (Å²) in [5.41, 5.74) is 2.09. The number of hydrogen-bond donors (Lipinski definition) is 2. The second kappa shape index (κ2) is 8.96. The lowest BCUT2D eigenvalue weighted by molar-refractivity contribution is 0.238. The van der Waals surface area contributed by atoms with Crippen molar-refractivity contribution < 1.29 is 14.1 Å². The summed E-state index contributed by atoms with van der Waals surface area (Å²) in [5, 5.41) is 9.56. The summed E-state index contributed by atoms with van der Waals surface area (Å²) >= 11 is 0. The van der Waals surface area contributed by atoms with Crippen molar-refractivity contribution in [2.75, 3.05) is 13.7 Å². The highest BCUT2D eigenvalue weighted by Crippen LogP contribution is 2.14. The zero-order valence-corrected chi connectivity index (χ0v) is 14.5. The molecule has 0 unspecified atom stereocenters. The molecule has 1 heterocycles. The number of rotatable bonds is 8. The Hall–Kier alpha value is -2.50. The van der Waals surface area contributed by atoms with Gasteiger partial charge in [0, 0.05) is 12.6 Å². The first-order chi connectivity index (χ1) is 11.6. The van der Waals surface area contributed by atoms with Crippen LogP contribution in [0.15, 0.2) is 34.9 Å². The molecule has 0 atom stereocenters. The van der Waals surface area contributed by atoms with Gasteiger partial charge >= 0.3 is 6.03 Å². The van der Waals surface area contributed by atoms with Crippen molar-refractivity contribution >= 4 is 6.03 Å². The van der Waals surface area contributed by atoms with Gasteiger partial charge in [-0.05, 0) is 36.5 Å². The maximum Gasteiger partial charge on any atom is 0.315 e. The maximum atomic E-state index is 11.8. The minimum absolute atomic E-state index is 0.205. The largest absolute Gasteiger partial charge is 0.497 e. The number of ether oxygens (including phenoxy) is 1. The SMILES string of the molecule is COc1cccc(CCCNC(=O)NCc2cc(C(C)C)no2)c1. The fourth-order valence-electron chi connectivity index (χ4n) is 2.24. The van der Waals surface area contributed by atoms with Gasteiger partial charge in [0.1, 0.15) is 5.75 Å². The molecule has 1 aromatic carbocycles. The second-order valence-corrected chi connectivity index (χ2v) is 5.94. The molecule has 0 fully saturated rings. The molecule has 1 aromatic heterocycles. The highest BCUT2D eigenvalue weighted by Gasteiger charge is 2.08. The molecule has 0 radical (unpaired) electrons. The van der Waals surface area contributed by atoms with Gasteiger partial charge in [0.15, 0.2) is 5.76 Å². The van der Waals surface area contributed by atoms with E-state index in [1.165, 1.54) is 5.56 Å². The van der Waals surface area contributed by atoms with Crippen LogP contribution in [0.4, 0.5) is 4.79 Å². The van der Waals surface area contributed by atoms with Crippen LogP contribution in [0, 0.1) is 0 Å². The van der Waals surface area contributed by atoms with Crippen LogP contribution in [0.3, 0.4) is 0 Å². The van der Waals surface area contributed by atoms with Crippen LogP contribution in [0.2, 0.25) is 0 Å². The molecule has 2 N–H and O–H groups in total. The van der Waals surface area contributed by atoms with Crippen LogP contribution in [-0.4, -0.2) is 24.8 Å². The first-order valence-corrected chi connectivity index (χ1v) is 8.18. The highest BCUT2D eigenvalue weighted by atomic mass is 16.5. The van der Waals surface area contributed by atoms with E-state index < -0.39 is 0 Å². The molecule has 24 heavy (non-hydrogen) atoms. The predicted octanol–water partition coefficient (Wildman–Crippen LogP) is 3.24. The summed E-state index contributed by atoms with van der Waals surface area (Å²) in [4.78, 5) is 11.8. The molecule has 6 nitrogen and oxygen atoms in total. The maximum absolute atomic E-state index is 11.8. The molecule has 0 spiro atoms. The van der Waals surface area contributed by atoms with E-state index in [-0.39, 0.29) is 6.03 Å². The van der Waals surface area contributed by atoms with E-state index in [0.29, 0.717) is 24.8 Å². The normalized spacial score (nSPS) is 10.7.